The SMILES string of the molecule is C#CCNC(=O)CC[C@@H](C)[C@H]1CC[C@H]2C3[C@H](O)CC4C[C@H](O)CC[C@]4(C)[C@@H]3C[C@H](O)[C@]12C. The maximum atomic E-state index is 12.1. The first kappa shape index (κ1) is 24.0. The van der Waals surface area contributed by atoms with E-state index in [0.29, 0.717) is 36.0 Å². The van der Waals surface area contributed by atoms with Gasteiger partial charge in [-0.2, -0.15) is 0 Å². The van der Waals surface area contributed by atoms with Gasteiger partial charge in [-0.05, 0) is 97.7 Å². The summed E-state index contributed by atoms with van der Waals surface area (Å²) in [7, 11) is 0. The van der Waals surface area contributed by atoms with Crippen molar-refractivity contribution in [1.82, 2.24) is 5.32 Å². The lowest BCUT2D eigenvalue weighted by atomic mass is 9.43. The Labute approximate surface area is 193 Å². The largest absolute Gasteiger partial charge is 0.393 e. The fourth-order valence-electron chi connectivity index (χ4n) is 8.93. The van der Waals surface area contributed by atoms with Gasteiger partial charge >= 0.3 is 0 Å². The van der Waals surface area contributed by atoms with Gasteiger partial charge in [-0.15, -0.1) is 6.42 Å². The molecule has 0 aliphatic heterocycles. The van der Waals surface area contributed by atoms with Crippen molar-refractivity contribution in [2.75, 3.05) is 6.54 Å². The Morgan fingerprint density at radius 2 is 1.88 bits per heavy atom. The molecule has 0 spiro atoms. The van der Waals surface area contributed by atoms with Gasteiger partial charge in [0.15, 0.2) is 0 Å². The molecule has 0 aromatic rings. The molecule has 4 aliphatic carbocycles. The number of hydrogen-bond acceptors (Lipinski definition) is 4. The van der Waals surface area contributed by atoms with Gasteiger partial charge < -0.3 is 20.6 Å². The number of rotatable bonds is 5. The molecule has 32 heavy (non-hydrogen) atoms. The molecule has 4 fully saturated rings. The number of hydrogen-bond donors (Lipinski definition) is 4. The highest BCUT2D eigenvalue weighted by atomic mass is 16.3. The summed E-state index contributed by atoms with van der Waals surface area (Å²) in [6.45, 7) is 7.12. The number of amides is 1. The molecule has 4 N–H and O–H groups in total. The van der Waals surface area contributed by atoms with Gasteiger partial charge in [0.05, 0.1) is 24.9 Å². The smallest absolute Gasteiger partial charge is 0.220 e. The van der Waals surface area contributed by atoms with Crippen molar-refractivity contribution in [2.24, 2.45) is 46.3 Å². The van der Waals surface area contributed by atoms with Crippen LogP contribution in [0.2, 0.25) is 0 Å². The first-order chi connectivity index (χ1) is 15.1. The molecule has 4 saturated carbocycles. The molecule has 0 saturated heterocycles. The highest BCUT2D eigenvalue weighted by molar-refractivity contribution is 5.76. The maximum Gasteiger partial charge on any atom is 0.220 e. The number of aliphatic hydroxyl groups excluding tert-OH is 3. The second-order valence-electron chi connectivity index (χ2n) is 12.0. The number of nitrogens with one attached hydrogen (secondary N) is 1. The zero-order chi connectivity index (χ0) is 23.3. The van der Waals surface area contributed by atoms with Crippen LogP contribution in [0.5, 0.6) is 0 Å². The third-order valence-corrected chi connectivity index (χ3v) is 10.7. The number of terminal acetylenes is 1. The highest BCUT2D eigenvalue weighted by Gasteiger charge is 2.65. The standard InChI is InChI=1S/C27H43NO4/c1-5-12-28-24(32)9-6-16(2)19-7-8-20-25-21(15-23(31)27(19,20)4)26(3)11-10-18(29)13-17(26)14-22(25)30/h1,16-23,25,29-31H,6-15H2,2-4H3,(H,28,32)/t16-,17?,18-,19-,20+,21-,22-,23+,25?,26+,27-/m1/s1. The first-order valence-corrected chi connectivity index (χ1v) is 12.9. The molecule has 0 aromatic heterocycles. The Balaban J connectivity index is 1.52. The molecule has 0 aromatic carbocycles. The van der Waals surface area contributed by atoms with Crippen molar-refractivity contribution in [3.8, 4) is 12.3 Å². The summed E-state index contributed by atoms with van der Waals surface area (Å²) in [5.74, 6) is 4.35. The van der Waals surface area contributed by atoms with Crippen LogP contribution < -0.4 is 5.32 Å². The summed E-state index contributed by atoms with van der Waals surface area (Å²) < 4.78 is 0. The lowest BCUT2D eigenvalue weighted by Crippen LogP contribution is -2.62. The first-order valence-electron chi connectivity index (χ1n) is 12.9. The minimum Gasteiger partial charge on any atom is -0.393 e. The van der Waals surface area contributed by atoms with Gasteiger partial charge in [0.1, 0.15) is 0 Å². The van der Waals surface area contributed by atoms with Crippen LogP contribution in [0.25, 0.3) is 0 Å². The predicted octanol–water partition coefficient (Wildman–Crippen LogP) is 3.11. The Hall–Kier alpha value is -1.09. The lowest BCUT2D eigenvalue weighted by Gasteiger charge is -2.63. The second-order valence-corrected chi connectivity index (χ2v) is 12.0. The Bertz CT molecular complexity index is 748. The van der Waals surface area contributed by atoms with Gasteiger partial charge in [-0.25, -0.2) is 0 Å². The van der Waals surface area contributed by atoms with E-state index in [1.54, 1.807) is 0 Å². The molecular weight excluding hydrogens is 402 g/mol. The van der Waals surface area contributed by atoms with Crippen LogP contribution in [0, 0.1) is 58.7 Å². The molecule has 180 valence electrons. The summed E-state index contributed by atoms with van der Waals surface area (Å²) in [6.07, 6.45) is 11.8. The van der Waals surface area contributed by atoms with E-state index in [1.807, 2.05) is 0 Å². The van der Waals surface area contributed by atoms with Gasteiger partial charge in [0, 0.05) is 6.42 Å². The molecule has 4 aliphatic rings. The second kappa shape index (κ2) is 8.93. The predicted molar refractivity (Wildman–Crippen MR) is 124 cm³/mol. The number of aliphatic hydroxyl groups is 3. The summed E-state index contributed by atoms with van der Waals surface area (Å²) in [4.78, 5) is 12.1. The number of carbonyl (C=O) groups is 1. The Morgan fingerprint density at radius 3 is 2.59 bits per heavy atom. The van der Waals surface area contributed by atoms with Crippen LogP contribution in [0.3, 0.4) is 0 Å². The zero-order valence-electron chi connectivity index (χ0n) is 20.1. The molecule has 5 heteroatoms. The van der Waals surface area contributed by atoms with Gasteiger partial charge in [0.25, 0.3) is 0 Å². The maximum absolute atomic E-state index is 12.1. The van der Waals surface area contributed by atoms with Crippen molar-refractivity contribution in [2.45, 2.75) is 96.9 Å². The molecule has 4 rings (SSSR count). The van der Waals surface area contributed by atoms with Crippen LogP contribution in [-0.4, -0.2) is 46.1 Å². The average molecular weight is 446 g/mol. The van der Waals surface area contributed by atoms with E-state index in [2.05, 4.69) is 32.0 Å². The van der Waals surface area contributed by atoms with Crippen molar-refractivity contribution in [1.29, 1.82) is 0 Å². The monoisotopic (exact) mass is 445 g/mol. The van der Waals surface area contributed by atoms with E-state index in [9.17, 15) is 20.1 Å². The number of carbonyl (C=O) groups excluding carboxylic acids is 1. The number of fused-ring (bicyclic) bond motifs is 5. The lowest BCUT2D eigenvalue weighted by molar-refractivity contribution is -0.207. The van der Waals surface area contributed by atoms with Crippen molar-refractivity contribution in [3.05, 3.63) is 0 Å². The Kier molecular flexibility index (Phi) is 6.71. The molecule has 11 atom stereocenters. The van der Waals surface area contributed by atoms with Crippen LogP contribution >= 0.6 is 0 Å². The average Bonchev–Trinajstić information content (AvgIpc) is 3.11. The summed E-state index contributed by atoms with van der Waals surface area (Å²) >= 11 is 0. The van der Waals surface area contributed by atoms with Gasteiger partial charge in [-0.1, -0.05) is 26.7 Å². The van der Waals surface area contributed by atoms with E-state index in [0.717, 1.165) is 51.4 Å². The third kappa shape index (κ3) is 3.81. The molecule has 1 amide bonds. The van der Waals surface area contributed by atoms with E-state index < -0.39 is 0 Å². The van der Waals surface area contributed by atoms with E-state index in [1.165, 1.54) is 0 Å². The fraction of sp³-hybridized carbons (Fsp3) is 0.889. The van der Waals surface area contributed by atoms with Crippen molar-refractivity contribution >= 4 is 5.91 Å². The normalized spacial score (nSPS) is 48.7. The Morgan fingerprint density at radius 1 is 1.12 bits per heavy atom. The molecule has 0 radical (unpaired) electrons. The highest BCUT2D eigenvalue weighted by Crippen LogP contribution is 2.68. The molecule has 0 heterocycles. The minimum atomic E-state index is -0.381. The fourth-order valence-corrected chi connectivity index (χ4v) is 8.93. The molecule has 0 bridgehead atoms. The summed E-state index contributed by atoms with van der Waals surface area (Å²) in [6, 6.07) is 0. The van der Waals surface area contributed by atoms with E-state index in [4.69, 9.17) is 6.42 Å². The molecule has 2 unspecified atom stereocenters. The van der Waals surface area contributed by atoms with Crippen molar-refractivity contribution < 1.29 is 20.1 Å². The van der Waals surface area contributed by atoms with Gasteiger partial charge in [-0.3, -0.25) is 4.79 Å². The van der Waals surface area contributed by atoms with E-state index in [-0.39, 0.29) is 47.5 Å². The van der Waals surface area contributed by atoms with Crippen LogP contribution in [0.1, 0.15) is 78.6 Å². The minimum absolute atomic E-state index is 0.0000815. The molecular formula is C27H43NO4. The molecule has 5 nitrogen and oxygen atoms in total. The van der Waals surface area contributed by atoms with Crippen molar-refractivity contribution in [3.63, 3.8) is 0 Å². The van der Waals surface area contributed by atoms with Crippen LogP contribution in [0.15, 0.2) is 0 Å². The third-order valence-electron chi connectivity index (χ3n) is 10.7. The topological polar surface area (TPSA) is 89.8 Å². The quantitative estimate of drug-likeness (QED) is 0.490. The van der Waals surface area contributed by atoms with Crippen LogP contribution in [0.4, 0.5) is 0 Å². The zero-order valence-corrected chi connectivity index (χ0v) is 20.1. The van der Waals surface area contributed by atoms with E-state index >= 15 is 0 Å². The van der Waals surface area contributed by atoms with Gasteiger partial charge in [0.2, 0.25) is 5.91 Å². The summed E-state index contributed by atoms with van der Waals surface area (Å²) in [5, 5.41) is 36.0. The summed E-state index contributed by atoms with van der Waals surface area (Å²) in [5.41, 5.74) is -0.113. The van der Waals surface area contributed by atoms with Crippen LogP contribution in [-0.2, 0) is 4.79 Å².